The number of sulfonamides is 1. The third-order valence-electron chi connectivity index (χ3n) is 3.88. The Hall–Kier alpha value is -1.05. The summed E-state index contributed by atoms with van der Waals surface area (Å²) in [5, 5.41) is 5.87. The minimum atomic E-state index is -3.64. The molecule has 0 unspecified atom stereocenters. The van der Waals surface area contributed by atoms with Crippen LogP contribution in [0, 0.1) is 0 Å². The summed E-state index contributed by atoms with van der Waals surface area (Å²) < 4.78 is 22.6. The molecule has 130 valence electrons. The third kappa shape index (κ3) is 5.50. The van der Waals surface area contributed by atoms with Gasteiger partial charge in [0, 0.05) is 28.3 Å². The highest BCUT2D eigenvalue weighted by Crippen LogP contribution is 2.23. The van der Waals surface area contributed by atoms with Gasteiger partial charge in [-0.25, -0.2) is 13.6 Å². The molecule has 2 aromatic carbocycles. The van der Waals surface area contributed by atoms with Crippen LogP contribution in [0.1, 0.15) is 18.5 Å². The molecule has 0 amide bonds. The molecule has 0 radical (unpaired) electrons. The lowest BCUT2D eigenvalue weighted by atomic mass is 10.1. The predicted molar refractivity (Wildman–Crippen MR) is 101 cm³/mol. The number of nitrogens with two attached hydrogens (primary N) is 1. The first-order valence-corrected chi connectivity index (χ1v) is 10.4. The second kappa shape index (κ2) is 8.36. The van der Waals surface area contributed by atoms with E-state index in [-0.39, 0.29) is 10.9 Å². The number of primary sulfonamides is 1. The number of thioether (sulfide) groups is 1. The van der Waals surface area contributed by atoms with Gasteiger partial charge in [0.2, 0.25) is 10.0 Å². The molecule has 0 spiro atoms. The molecule has 0 aliphatic heterocycles. The van der Waals surface area contributed by atoms with Crippen LogP contribution in [0.15, 0.2) is 58.3 Å². The molecular formula is C17H21ClN2O2S2. The Labute approximate surface area is 153 Å². The van der Waals surface area contributed by atoms with Crippen molar-refractivity contribution in [2.24, 2.45) is 5.14 Å². The highest BCUT2D eigenvalue weighted by molar-refractivity contribution is 7.99. The number of nitrogens with zero attached hydrogens (tertiary/aromatic N) is 1. The lowest BCUT2D eigenvalue weighted by Gasteiger charge is -2.25. The summed E-state index contributed by atoms with van der Waals surface area (Å²) in [5.41, 5.74) is 1.06. The first-order valence-electron chi connectivity index (χ1n) is 7.49. The lowest BCUT2D eigenvalue weighted by molar-refractivity contribution is 0.278. The highest BCUT2D eigenvalue weighted by atomic mass is 35.5. The van der Waals surface area contributed by atoms with Gasteiger partial charge in [0.1, 0.15) is 0 Å². The maximum atomic E-state index is 11.3. The quantitative estimate of drug-likeness (QED) is 0.738. The summed E-state index contributed by atoms with van der Waals surface area (Å²) in [4.78, 5) is 3.56. The smallest absolute Gasteiger partial charge is 0.238 e. The normalized spacial score (nSPS) is 13.2. The van der Waals surface area contributed by atoms with Crippen LogP contribution in [0.25, 0.3) is 0 Å². The molecule has 4 nitrogen and oxygen atoms in total. The first kappa shape index (κ1) is 19.3. The first-order chi connectivity index (χ1) is 11.3. The van der Waals surface area contributed by atoms with Crippen LogP contribution in [-0.2, 0) is 10.0 Å². The molecule has 0 saturated carbocycles. The van der Waals surface area contributed by atoms with Crippen LogP contribution in [0.3, 0.4) is 0 Å². The molecule has 0 heterocycles. The highest BCUT2D eigenvalue weighted by Gasteiger charge is 2.13. The number of benzene rings is 2. The number of halogens is 1. The molecule has 0 aliphatic carbocycles. The standard InChI is InChI=1S/C17H21ClN2O2S2/c1-13(14-3-9-17(10-4-14)24(19,21)22)20(2)11-12-23-16-7-5-15(18)6-8-16/h3-10,13H,11-12H2,1-2H3,(H2,19,21,22)/t13-/m0/s1. The molecule has 0 fully saturated rings. The molecule has 2 rings (SSSR count). The zero-order valence-corrected chi connectivity index (χ0v) is 16.0. The van der Waals surface area contributed by atoms with Gasteiger partial charge in [0.15, 0.2) is 0 Å². The van der Waals surface area contributed by atoms with E-state index in [1.807, 2.05) is 36.4 Å². The van der Waals surface area contributed by atoms with Crippen molar-refractivity contribution >= 4 is 33.4 Å². The Bertz CT molecular complexity index is 762. The molecular weight excluding hydrogens is 364 g/mol. The lowest BCUT2D eigenvalue weighted by Crippen LogP contribution is -2.25. The monoisotopic (exact) mass is 384 g/mol. The van der Waals surface area contributed by atoms with Crippen molar-refractivity contribution in [1.29, 1.82) is 0 Å². The van der Waals surface area contributed by atoms with Gasteiger partial charge in [-0.15, -0.1) is 11.8 Å². The van der Waals surface area contributed by atoms with Crippen LogP contribution in [0.2, 0.25) is 5.02 Å². The third-order valence-corrected chi connectivity index (χ3v) is 6.05. The molecule has 0 bridgehead atoms. The molecule has 24 heavy (non-hydrogen) atoms. The zero-order chi connectivity index (χ0) is 17.7. The van der Waals surface area contributed by atoms with Gasteiger partial charge in [-0.1, -0.05) is 23.7 Å². The van der Waals surface area contributed by atoms with Gasteiger partial charge < -0.3 is 0 Å². The SMILES string of the molecule is C[C@@H](c1ccc(S(N)(=O)=O)cc1)N(C)CCSc1ccc(Cl)cc1. The molecule has 2 N–H and O–H groups in total. The van der Waals surface area contributed by atoms with Crippen molar-refractivity contribution in [2.75, 3.05) is 19.3 Å². The van der Waals surface area contributed by atoms with Crippen molar-refractivity contribution in [1.82, 2.24) is 4.90 Å². The van der Waals surface area contributed by atoms with Crippen molar-refractivity contribution in [2.45, 2.75) is 22.8 Å². The van der Waals surface area contributed by atoms with Gasteiger partial charge in [0.25, 0.3) is 0 Å². The average Bonchev–Trinajstić information content (AvgIpc) is 2.55. The van der Waals surface area contributed by atoms with Crippen LogP contribution in [0.5, 0.6) is 0 Å². The van der Waals surface area contributed by atoms with Gasteiger partial charge in [-0.05, 0) is 55.9 Å². The van der Waals surface area contributed by atoms with Crippen molar-refractivity contribution < 1.29 is 8.42 Å². The predicted octanol–water partition coefficient (Wildman–Crippen LogP) is 3.77. The average molecular weight is 385 g/mol. The van der Waals surface area contributed by atoms with E-state index in [9.17, 15) is 8.42 Å². The largest absolute Gasteiger partial charge is 0.299 e. The van der Waals surface area contributed by atoms with E-state index in [0.717, 1.165) is 22.9 Å². The summed E-state index contributed by atoms with van der Waals surface area (Å²) >= 11 is 7.66. The van der Waals surface area contributed by atoms with E-state index in [1.54, 1.807) is 23.9 Å². The Morgan fingerprint density at radius 3 is 2.25 bits per heavy atom. The fourth-order valence-corrected chi connectivity index (χ4v) is 3.81. The maximum Gasteiger partial charge on any atom is 0.238 e. The van der Waals surface area contributed by atoms with Gasteiger partial charge in [0.05, 0.1) is 4.90 Å². The van der Waals surface area contributed by atoms with E-state index >= 15 is 0 Å². The summed E-state index contributed by atoms with van der Waals surface area (Å²) in [6.07, 6.45) is 0. The van der Waals surface area contributed by atoms with Gasteiger partial charge >= 0.3 is 0 Å². The summed E-state index contributed by atoms with van der Waals surface area (Å²) in [7, 11) is -1.58. The Morgan fingerprint density at radius 2 is 1.71 bits per heavy atom. The van der Waals surface area contributed by atoms with E-state index in [2.05, 4.69) is 18.9 Å². The molecule has 7 heteroatoms. The van der Waals surface area contributed by atoms with Crippen LogP contribution < -0.4 is 5.14 Å². The Balaban J connectivity index is 1.89. The molecule has 2 aromatic rings. The zero-order valence-electron chi connectivity index (χ0n) is 13.6. The van der Waals surface area contributed by atoms with Crippen molar-refractivity contribution in [3.63, 3.8) is 0 Å². The van der Waals surface area contributed by atoms with Gasteiger partial charge in [-0.3, -0.25) is 4.90 Å². The topological polar surface area (TPSA) is 63.4 Å². The van der Waals surface area contributed by atoms with E-state index in [0.29, 0.717) is 0 Å². The fraction of sp³-hybridized carbons (Fsp3) is 0.294. The number of hydrogen-bond donors (Lipinski definition) is 1. The summed E-state index contributed by atoms with van der Waals surface area (Å²) in [6.45, 7) is 3.00. The number of hydrogen-bond acceptors (Lipinski definition) is 4. The minimum absolute atomic E-state index is 0.138. The van der Waals surface area contributed by atoms with E-state index < -0.39 is 10.0 Å². The minimum Gasteiger partial charge on any atom is -0.299 e. The molecule has 0 saturated heterocycles. The van der Waals surface area contributed by atoms with Crippen LogP contribution in [0.4, 0.5) is 0 Å². The molecule has 0 aliphatic rings. The fourth-order valence-electron chi connectivity index (χ4n) is 2.22. The van der Waals surface area contributed by atoms with Crippen molar-refractivity contribution in [3.8, 4) is 0 Å². The van der Waals surface area contributed by atoms with Crippen molar-refractivity contribution in [3.05, 3.63) is 59.1 Å². The Morgan fingerprint density at radius 1 is 1.12 bits per heavy atom. The molecule has 0 aromatic heterocycles. The van der Waals surface area contributed by atoms with Crippen LogP contribution >= 0.6 is 23.4 Å². The maximum absolute atomic E-state index is 11.3. The molecule has 1 atom stereocenters. The summed E-state index contributed by atoms with van der Waals surface area (Å²) in [6, 6.07) is 14.7. The van der Waals surface area contributed by atoms with Gasteiger partial charge in [-0.2, -0.15) is 0 Å². The van der Waals surface area contributed by atoms with E-state index in [4.69, 9.17) is 16.7 Å². The van der Waals surface area contributed by atoms with Crippen LogP contribution in [-0.4, -0.2) is 32.7 Å². The second-order valence-corrected chi connectivity index (χ2v) is 8.74. The number of rotatable bonds is 7. The second-order valence-electron chi connectivity index (χ2n) is 5.57. The Kier molecular flexibility index (Phi) is 6.71. The van der Waals surface area contributed by atoms with E-state index in [1.165, 1.54) is 4.90 Å². The summed E-state index contributed by atoms with van der Waals surface area (Å²) in [5.74, 6) is 0.956.